The molecule has 0 aromatic carbocycles. The third kappa shape index (κ3) is 6.08. The van der Waals surface area contributed by atoms with Gasteiger partial charge in [-0.15, -0.1) is 6.58 Å². The maximum Gasteiger partial charge on any atom is 0.306 e. The minimum Gasteiger partial charge on any atom is -0.466 e. The Morgan fingerprint density at radius 3 is 2.44 bits per heavy atom. The Balaban J connectivity index is 3.03. The second-order valence-electron chi connectivity index (χ2n) is 8.42. The van der Waals surface area contributed by atoms with Gasteiger partial charge >= 0.3 is 5.97 Å². The molecule has 5 heteroatoms. The number of carbonyl (C=O) groups excluding carboxylic acids is 1. The molecular formula is C20H36O4Si. The Labute approximate surface area is 154 Å². The van der Waals surface area contributed by atoms with Crippen LogP contribution in [0.3, 0.4) is 0 Å². The van der Waals surface area contributed by atoms with Crippen LogP contribution >= 0.6 is 0 Å². The monoisotopic (exact) mass is 368 g/mol. The standard InChI is InChI=1S/C20H36O4Si/c1-8-10-11-15-16(14-19(22)23-9-2)17(21)12-13-18(15)24-25(6,7)20(3,4)5/h8,12-13,15-18,21H,1,9-11,14H2,2-7H3/t15-,16-,17-,18-/m1/s1. The molecule has 0 unspecified atom stereocenters. The highest BCUT2D eigenvalue weighted by Crippen LogP contribution is 2.41. The second kappa shape index (κ2) is 9.15. The lowest BCUT2D eigenvalue weighted by atomic mass is 9.75. The molecule has 0 radical (unpaired) electrons. The molecule has 0 saturated carbocycles. The molecule has 0 amide bonds. The number of aliphatic hydroxyl groups excluding tert-OH is 1. The van der Waals surface area contributed by atoms with E-state index in [-0.39, 0.29) is 35.4 Å². The van der Waals surface area contributed by atoms with E-state index >= 15 is 0 Å². The molecule has 0 aliphatic heterocycles. The Morgan fingerprint density at radius 1 is 1.28 bits per heavy atom. The summed E-state index contributed by atoms with van der Waals surface area (Å²) in [6.45, 7) is 17.1. The molecule has 144 valence electrons. The van der Waals surface area contributed by atoms with Gasteiger partial charge in [-0.25, -0.2) is 0 Å². The molecule has 0 saturated heterocycles. The molecule has 1 N–H and O–H groups in total. The van der Waals surface area contributed by atoms with E-state index in [0.29, 0.717) is 6.61 Å². The van der Waals surface area contributed by atoms with E-state index in [1.54, 1.807) is 13.0 Å². The highest BCUT2D eigenvalue weighted by Gasteiger charge is 2.44. The van der Waals surface area contributed by atoms with E-state index in [9.17, 15) is 9.90 Å². The van der Waals surface area contributed by atoms with Crippen LogP contribution in [0.1, 0.15) is 47.0 Å². The van der Waals surface area contributed by atoms with Gasteiger partial charge in [-0.2, -0.15) is 0 Å². The summed E-state index contributed by atoms with van der Waals surface area (Å²) in [5.74, 6) is -0.355. The fraction of sp³-hybridized carbons (Fsp3) is 0.750. The lowest BCUT2D eigenvalue weighted by molar-refractivity contribution is -0.146. The van der Waals surface area contributed by atoms with Gasteiger partial charge < -0.3 is 14.3 Å². The van der Waals surface area contributed by atoms with E-state index in [1.165, 1.54) is 0 Å². The van der Waals surface area contributed by atoms with Crippen molar-refractivity contribution in [1.29, 1.82) is 0 Å². The Morgan fingerprint density at radius 2 is 1.92 bits per heavy atom. The Hall–Kier alpha value is -0.913. The van der Waals surface area contributed by atoms with Gasteiger partial charge in [-0.3, -0.25) is 4.79 Å². The lowest BCUT2D eigenvalue weighted by Crippen LogP contribution is -2.49. The van der Waals surface area contributed by atoms with E-state index in [2.05, 4.69) is 40.4 Å². The largest absolute Gasteiger partial charge is 0.466 e. The number of rotatable bonds is 8. The highest BCUT2D eigenvalue weighted by atomic mass is 28.4. The van der Waals surface area contributed by atoms with Crippen LogP contribution in [0.2, 0.25) is 18.1 Å². The second-order valence-corrected chi connectivity index (χ2v) is 13.2. The fourth-order valence-electron chi connectivity index (χ4n) is 3.02. The van der Waals surface area contributed by atoms with Gasteiger partial charge in [0.1, 0.15) is 0 Å². The van der Waals surface area contributed by atoms with Gasteiger partial charge in [-0.05, 0) is 43.8 Å². The van der Waals surface area contributed by atoms with Crippen molar-refractivity contribution in [3.05, 3.63) is 24.8 Å². The molecule has 0 aromatic heterocycles. The molecular weight excluding hydrogens is 332 g/mol. The van der Waals surface area contributed by atoms with Crippen LogP contribution < -0.4 is 0 Å². The summed E-state index contributed by atoms with van der Waals surface area (Å²) in [5.41, 5.74) is 0. The molecule has 1 aliphatic carbocycles. The van der Waals surface area contributed by atoms with E-state index in [0.717, 1.165) is 12.8 Å². The van der Waals surface area contributed by atoms with Crippen molar-refractivity contribution in [2.45, 2.75) is 77.3 Å². The molecule has 0 aromatic rings. The highest BCUT2D eigenvalue weighted by molar-refractivity contribution is 6.74. The number of esters is 1. The van der Waals surface area contributed by atoms with Gasteiger partial charge in [-0.1, -0.05) is 39.0 Å². The Kier molecular flexibility index (Phi) is 8.10. The normalized spacial score (nSPS) is 27.2. The number of hydrogen-bond donors (Lipinski definition) is 1. The number of allylic oxidation sites excluding steroid dienone is 1. The third-order valence-corrected chi connectivity index (χ3v) is 10.0. The number of aliphatic hydroxyl groups is 1. The molecule has 4 nitrogen and oxygen atoms in total. The smallest absolute Gasteiger partial charge is 0.306 e. The summed E-state index contributed by atoms with van der Waals surface area (Å²) in [6, 6.07) is 0. The van der Waals surface area contributed by atoms with Gasteiger partial charge in [0.2, 0.25) is 0 Å². The van der Waals surface area contributed by atoms with Crippen molar-refractivity contribution in [1.82, 2.24) is 0 Å². The van der Waals surface area contributed by atoms with Crippen molar-refractivity contribution in [3.63, 3.8) is 0 Å². The molecule has 4 atom stereocenters. The molecule has 0 heterocycles. The lowest BCUT2D eigenvalue weighted by Gasteiger charge is -2.44. The van der Waals surface area contributed by atoms with Crippen LogP contribution in [0.15, 0.2) is 24.8 Å². The quantitative estimate of drug-likeness (QED) is 0.390. The number of hydrogen-bond acceptors (Lipinski definition) is 4. The summed E-state index contributed by atoms with van der Waals surface area (Å²) < 4.78 is 11.7. The average Bonchev–Trinajstić information content (AvgIpc) is 2.48. The van der Waals surface area contributed by atoms with Crippen molar-refractivity contribution < 1.29 is 19.1 Å². The molecule has 0 bridgehead atoms. The van der Waals surface area contributed by atoms with Crippen molar-refractivity contribution in [2.24, 2.45) is 11.8 Å². The van der Waals surface area contributed by atoms with Crippen molar-refractivity contribution >= 4 is 14.3 Å². The third-order valence-electron chi connectivity index (χ3n) is 5.56. The van der Waals surface area contributed by atoms with Crippen LogP contribution in [0.5, 0.6) is 0 Å². The zero-order valence-corrected chi connectivity index (χ0v) is 17.7. The summed E-state index contributed by atoms with van der Waals surface area (Å²) in [4.78, 5) is 12.0. The predicted molar refractivity (Wildman–Crippen MR) is 105 cm³/mol. The summed E-state index contributed by atoms with van der Waals surface area (Å²) in [5, 5.41) is 10.6. The molecule has 1 aliphatic rings. The summed E-state index contributed by atoms with van der Waals surface area (Å²) >= 11 is 0. The maximum atomic E-state index is 12.0. The summed E-state index contributed by atoms with van der Waals surface area (Å²) in [7, 11) is -1.95. The number of ether oxygens (including phenoxy) is 1. The first-order valence-electron chi connectivity index (χ1n) is 9.34. The van der Waals surface area contributed by atoms with Gasteiger partial charge in [0.15, 0.2) is 8.32 Å². The first kappa shape index (κ1) is 22.1. The minimum atomic E-state index is -1.95. The first-order valence-corrected chi connectivity index (χ1v) is 12.2. The zero-order valence-electron chi connectivity index (χ0n) is 16.7. The van der Waals surface area contributed by atoms with Crippen molar-refractivity contribution in [2.75, 3.05) is 6.61 Å². The SMILES string of the molecule is C=CCC[C@@H]1[C@@H](CC(=O)OCC)[C@H](O)C=C[C@H]1O[Si](C)(C)C(C)(C)C. The Bertz CT molecular complexity index is 479. The van der Waals surface area contributed by atoms with Gasteiger partial charge in [0.05, 0.1) is 25.2 Å². The zero-order chi connectivity index (χ0) is 19.3. The molecule has 1 rings (SSSR count). The van der Waals surface area contributed by atoms with Gasteiger partial charge in [0.25, 0.3) is 0 Å². The van der Waals surface area contributed by atoms with E-state index in [1.807, 2.05) is 12.2 Å². The summed E-state index contributed by atoms with van der Waals surface area (Å²) in [6.07, 6.45) is 6.83. The minimum absolute atomic E-state index is 0.0799. The predicted octanol–water partition coefficient (Wildman–Crippen LogP) is 4.46. The molecule has 25 heavy (non-hydrogen) atoms. The first-order chi connectivity index (χ1) is 11.5. The van der Waals surface area contributed by atoms with Crippen molar-refractivity contribution in [3.8, 4) is 0 Å². The van der Waals surface area contributed by atoms with E-state index in [4.69, 9.17) is 9.16 Å². The van der Waals surface area contributed by atoms with E-state index < -0.39 is 14.4 Å². The van der Waals surface area contributed by atoms with Crippen LogP contribution in [0, 0.1) is 11.8 Å². The van der Waals surface area contributed by atoms with Crippen LogP contribution in [0.4, 0.5) is 0 Å². The maximum absolute atomic E-state index is 12.0. The topological polar surface area (TPSA) is 55.8 Å². The molecule has 0 spiro atoms. The van der Waals surface area contributed by atoms with Crippen LogP contribution in [-0.4, -0.2) is 38.2 Å². The average molecular weight is 369 g/mol. The number of carbonyl (C=O) groups is 1. The van der Waals surface area contributed by atoms with Crippen LogP contribution in [-0.2, 0) is 14.0 Å². The molecule has 0 fully saturated rings. The van der Waals surface area contributed by atoms with Gasteiger partial charge in [0, 0.05) is 5.92 Å². The fourth-order valence-corrected chi connectivity index (χ4v) is 4.31. The van der Waals surface area contributed by atoms with Crippen LogP contribution in [0.25, 0.3) is 0 Å².